The molecule has 0 aromatic heterocycles. The summed E-state index contributed by atoms with van der Waals surface area (Å²) in [5.74, 6) is 0.0230. The van der Waals surface area contributed by atoms with Crippen LogP contribution in [0.25, 0.3) is 0 Å². The Morgan fingerprint density at radius 3 is 2.57 bits per heavy atom. The second-order valence-corrected chi connectivity index (χ2v) is 6.47. The molecule has 5 heteroatoms. The van der Waals surface area contributed by atoms with E-state index in [2.05, 4.69) is 15.9 Å². The smallest absolute Gasteiger partial charge is 0.294 e. The molecule has 1 aromatic carbocycles. The van der Waals surface area contributed by atoms with Crippen LogP contribution in [0.2, 0.25) is 0 Å². The molecule has 0 radical (unpaired) electrons. The molecular formula is C16H18BrF3O. The van der Waals surface area contributed by atoms with E-state index in [1.54, 1.807) is 0 Å². The Morgan fingerprint density at radius 2 is 1.95 bits per heavy atom. The summed E-state index contributed by atoms with van der Waals surface area (Å²) in [5.41, 5.74) is -0.604. The predicted octanol–water partition coefficient (Wildman–Crippen LogP) is 5.87. The molecule has 0 saturated heterocycles. The highest BCUT2D eigenvalue weighted by Gasteiger charge is 2.35. The highest BCUT2D eigenvalue weighted by atomic mass is 79.9. The standard InChI is InChI=1S/C16H18BrF3O/c1-2-10-5-3-4-6-12(10)15(21)11-7-8-14(17)13(9-11)16(18,19)20/h7-10,12H,2-6H2,1H3. The molecule has 1 fully saturated rings. The van der Waals surface area contributed by atoms with Gasteiger partial charge in [-0.2, -0.15) is 13.2 Å². The van der Waals surface area contributed by atoms with E-state index in [1.165, 1.54) is 12.1 Å². The summed E-state index contributed by atoms with van der Waals surface area (Å²) in [6.07, 6.45) is 0.321. The summed E-state index contributed by atoms with van der Waals surface area (Å²) < 4.78 is 38.8. The third kappa shape index (κ3) is 3.68. The number of ketones is 1. The molecule has 1 saturated carbocycles. The van der Waals surface area contributed by atoms with Crippen molar-refractivity contribution in [1.29, 1.82) is 0 Å². The number of rotatable bonds is 3. The Labute approximate surface area is 131 Å². The maximum atomic E-state index is 12.9. The van der Waals surface area contributed by atoms with Crippen LogP contribution in [0.3, 0.4) is 0 Å². The summed E-state index contributed by atoms with van der Waals surface area (Å²) in [7, 11) is 0. The molecule has 1 nitrogen and oxygen atoms in total. The minimum absolute atomic E-state index is 0.0257. The third-order valence-electron chi connectivity index (χ3n) is 4.33. The average molecular weight is 363 g/mol. The maximum absolute atomic E-state index is 12.9. The van der Waals surface area contributed by atoms with E-state index in [0.29, 0.717) is 5.92 Å². The van der Waals surface area contributed by atoms with Gasteiger partial charge in [0.1, 0.15) is 0 Å². The monoisotopic (exact) mass is 362 g/mol. The molecule has 1 aliphatic carbocycles. The van der Waals surface area contributed by atoms with Crippen LogP contribution in [0.5, 0.6) is 0 Å². The Hall–Kier alpha value is -0.840. The van der Waals surface area contributed by atoms with Crippen LogP contribution >= 0.6 is 15.9 Å². The zero-order valence-electron chi connectivity index (χ0n) is 11.8. The second-order valence-electron chi connectivity index (χ2n) is 5.62. The molecule has 21 heavy (non-hydrogen) atoms. The Morgan fingerprint density at radius 1 is 1.29 bits per heavy atom. The van der Waals surface area contributed by atoms with Crippen molar-refractivity contribution in [2.24, 2.45) is 11.8 Å². The van der Waals surface area contributed by atoms with Gasteiger partial charge >= 0.3 is 6.18 Å². The first-order valence-electron chi connectivity index (χ1n) is 7.25. The summed E-state index contributed by atoms with van der Waals surface area (Å²) in [6.45, 7) is 2.04. The van der Waals surface area contributed by atoms with Gasteiger partial charge in [0.2, 0.25) is 0 Å². The van der Waals surface area contributed by atoms with Gasteiger partial charge in [0.15, 0.2) is 5.78 Å². The van der Waals surface area contributed by atoms with Crippen molar-refractivity contribution >= 4 is 21.7 Å². The summed E-state index contributed by atoms with van der Waals surface area (Å²) >= 11 is 2.91. The highest BCUT2D eigenvalue weighted by Crippen LogP contribution is 2.38. The fourth-order valence-corrected chi connectivity index (χ4v) is 3.62. The van der Waals surface area contributed by atoms with E-state index in [1.807, 2.05) is 6.92 Å². The molecule has 0 spiro atoms. The van der Waals surface area contributed by atoms with Crippen molar-refractivity contribution in [2.75, 3.05) is 0 Å². The van der Waals surface area contributed by atoms with Gasteiger partial charge in [-0.15, -0.1) is 0 Å². The number of hydrogen-bond donors (Lipinski definition) is 0. The SMILES string of the molecule is CCC1CCCCC1C(=O)c1ccc(Br)c(C(F)(F)F)c1. The molecule has 0 N–H and O–H groups in total. The lowest BCUT2D eigenvalue weighted by Crippen LogP contribution is -2.27. The molecule has 116 valence electrons. The Kier molecular flexibility index (Phi) is 5.12. The van der Waals surface area contributed by atoms with Gasteiger partial charge in [0.25, 0.3) is 0 Å². The zero-order valence-corrected chi connectivity index (χ0v) is 13.4. The van der Waals surface area contributed by atoms with Gasteiger partial charge in [-0.25, -0.2) is 0 Å². The maximum Gasteiger partial charge on any atom is 0.417 e. The van der Waals surface area contributed by atoms with Crippen molar-refractivity contribution in [3.8, 4) is 0 Å². The molecule has 2 rings (SSSR count). The van der Waals surface area contributed by atoms with Gasteiger partial charge in [-0.3, -0.25) is 4.79 Å². The first-order valence-corrected chi connectivity index (χ1v) is 8.04. The fourth-order valence-electron chi connectivity index (χ4n) is 3.15. The normalized spacial score (nSPS) is 23.1. The van der Waals surface area contributed by atoms with Crippen molar-refractivity contribution in [3.63, 3.8) is 0 Å². The fraction of sp³-hybridized carbons (Fsp3) is 0.562. The van der Waals surface area contributed by atoms with Crippen molar-refractivity contribution in [3.05, 3.63) is 33.8 Å². The summed E-state index contributed by atoms with van der Waals surface area (Å²) in [6, 6.07) is 3.79. The van der Waals surface area contributed by atoms with Gasteiger partial charge in [-0.1, -0.05) is 48.2 Å². The molecule has 2 unspecified atom stereocenters. The summed E-state index contributed by atoms with van der Waals surface area (Å²) in [4.78, 5) is 12.6. The van der Waals surface area contributed by atoms with Crippen LogP contribution in [-0.2, 0) is 6.18 Å². The van der Waals surface area contributed by atoms with E-state index < -0.39 is 11.7 Å². The number of Topliss-reactive ketones (excluding diaryl/α,β-unsaturated/α-hetero) is 1. The topological polar surface area (TPSA) is 17.1 Å². The first kappa shape index (κ1) is 16.5. The largest absolute Gasteiger partial charge is 0.417 e. The number of carbonyl (C=O) groups excluding carboxylic acids is 1. The molecule has 0 aliphatic heterocycles. The molecule has 0 bridgehead atoms. The third-order valence-corrected chi connectivity index (χ3v) is 5.02. The molecule has 1 aliphatic rings. The predicted molar refractivity (Wildman–Crippen MR) is 79.2 cm³/mol. The van der Waals surface area contributed by atoms with E-state index in [9.17, 15) is 18.0 Å². The molecule has 0 heterocycles. The zero-order chi connectivity index (χ0) is 15.6. The van der Waals surface area contributed by atoms with Crippen molar-refractivity contribution < 1.29 is 18.0 Å². The number of carbonyl (C=O) groups is 1. The molecular weight excluding hydrogens is 345 g/mol. The lowest BCUT2D eigenvalue weighted by Gasteiger charge is -2.29. The van der Waals surface area contributed by atoms with Crippen LogP contribution in [0.4, 0.5) is 13.2 Å². The van der Waals surface area contributed by atoms with Crippen LogP contribution in [0.15, 0.2) is 22.7 Å². The Balaban J connectivity index is 2.31. The quantitative estimate of drug-likeness (QED) is 0.614. The second kappa shape index (κ2) is 6.51. The van der Waals surface area contributed by atoms with Gasteiger partial charge < -0.3 is 0 Å². The Bertz CT molecular complexity index is 525. The van der Waals surface area contributed by atoms with E-state index >= 15 is 0 Å². The summed E-state index contributed by atoms with van der Waals surface area (Å²) in [5, 5.41) is 0. The number of halogens is 4. The molecule has 0 amide bonds. The lowest BCUT2D eigenvalue weighted by atomic mass is 9.74. The number of alkyl halides is 3. The van der Waals surface area contributed by atoms with Gasteiger partial charge in [0, 0.05) is 16.0 Å². The highest BCUT2D eigenvalue weighted by molar-refractivity contribution is 9.10. The number of benzene rings is 1. The lowest BCUT2D eigenvalue weighted by molar-refractivity contribution is -0.138. The molecule has 1 aromatic rings. The number of hydrogen-bond acceptors (Lipinski definition) is 1. The first-order chi connectivity index (χ1) is 9.84. The van der Waals surface area contributed by atoms with Gasteiger partial charge in [-0.05, 0) is 30.9 Å². The van der Waals surface area contributed by atoms with Crippen LogP contribution < -0.4 is 0 Å². The van der Waals surface area contributed by atoms with Crippen LogP contribution in [-0.4, -0.2) is 5.78 Å². The van der Waals surface area contributed by atoms with Crippen LogP contribution in [0.1, 0.15) is 54.9 Å². The van der Waals surface area contributed by atoms with E-state index in [-0.39, 0.29) is 21.7 Å². The van der Waals surface area contributed by atoms with Crippen molar-refractivity contribution in [2.45, 2.75) is 45.2 Å². The van der Waals surface area contributed by atoms with E-state index in [4.69, 9.17) is 0 Å². The molecule has 2 atom stereocenters. The average Bonchev–Trinajstić information content (AvgIpc) is 2.45. The van der Waals surface area contributed by atoms with Crippen molar-refractivity contribution in [1.82, 2.24) is 0 Å². The minimum atomic E-state index is -4.45. The minimum Gasteiger partial charge on any atom is -0.294 e. The van der Waals surface area contributed by atoms with E-state index in [0.717, 1.165) is 38.2 Å². The van der Waals surface area contributed by atoms with Crippen LogP contribution in [0, 0.1) is 11.8 Å². The van der Waals surface area contributed by atoms with Gasteiger partial charge in [0.05, 0.1) is 5.56 Å².